The molecule has 0 fully saturated rings. The molecule has 0 aliphatic carbocycles. The molecule has 108 valence electrons. The van der Waals surface area contributed by atoms with Gasteiger partial charge in [0.2, 0.25) is 0 Å². The van der Waals surface area contributed by atoms with E-state index >= 15 is 0 Å². The minimum absolute atomic E-state index is 0.0378. The fourth-order valence-electron chi connectivity index (χ4n) is 1.73. The van der Waals surface area contributed by atoms with Crippen LogP contribution in [0.4, 0.5) is 0 Å². The number of nitrogens with zero attached hydrogens (tertiary/aromatic N) is 1. The molecular weight excluding hydrogens is 246 g/mol. The van der Waals surface area contributed by atoms with Gasteiger partial charge in [-0.3, -0.25) is 9.59 Å². The second-order valence-electron chi connectivity index (χ2n) is 4.69. The highest BCUT2D eigenvalue weighted by molar-refractivity contribution is 5.80. The van der Waals surface area contributed by atoms with Crippen LogP contribution >= 0.6 is 0 Å². The average molecular weight is 269 g/mol. The first-order valence-corrected chi connectivity index (χ1v) is 6.65. The summed E-state index contributed by atoms with van der Waals surface area (Å²) in [7, 11) is 0. The summed E-state index contributed by atoms with van der Waals surface area (Å²) in [6.45, 7) is 7.62. The summed E-state index contributed by atoms with van der Waals surface area (Å²) in [6.07, 6.45) is 0.879. The van der Waals surface area contributed by atoms with E-state index < -0.39 is 23.3 Å². The predicted molar refractivity (Wildman–Crippen MR) is 70.0 cm³/mol. The predicted octanol–water partition coefficient (Wildman–Crippen LogP) is 2.45. The van der Waals surface area contributed by atoms with E-state index in [4.69, 9.17) is 14.7 Å². The van der Waals surface area contributed by atoms with Crippen molar-refractivity contribution in [3.05, 3.63) is 0 Å². The zero-order valence-corrected chi connectivity index (χ0v) is 12.2. The van der Waals surface area contributed by atoms with E-state index in [-0.39, 0.29) is 19.6 Å². The molecule has 0 aromatic carbocycles. The summed E-state index contributed by atoms with van der Waals surface area (Å²) in [5.74, 6) is -1.49. The number of carbonyl (C=O) groups excluding carboxylic acids is 2. The average Bonchev–Trinajstić information content (AvgIpc) is 2.38. The third-order valence-corrected chi connectivity index (χ3v) is 3.09. The molecule has 0 bridgehead atoms. The molecule has 19 heavy (non-hydrogen) atoms. The van der Waals surface area contributed by atoms with Gasteiger partial charge in [-0.1, -0.05) is 6.92 Å². The van der Waals surface area contributed by atoms with Crippen molar-refractivity contribution in [1.29, 1.82) is 5.26 Å². The van der Waals surface area contributed by atoms with Gasteiger partial charge >= 0.3 is 11.9 Å². The molecule has 5 nitrogen and oxygen atoms in total. The zero-order chi connectivity index (χ0) is 14.9. The number of hydrogen-bond acceptors (Lipinski definition) is 5. The van der Waals surface area contributed by atoms with E-state index in [0.717, 1.165) is 0 Å². The Morgan fingerprint density at radius 2 is 1.79 bits per heavy atom. The molecule has 0 radical (unpaired) electrons. The Kier molecular flexibility index (Phi) is 7.81. The Morgan fingerprint density at radius 3 is 2.21 bits per heavy atom. The molecule has 5 heteroatoms. The van der Waals surface area contributed by atoms with Gasteiger partial charge < -0.3 is 9.47 Å². The lowest BCUT2D eigenvalue weighted by Gasteiger charge is -2.24. The molecule has 0 N–H and O–H groups in total. The van der Waals surface area contributed by atoms with Crippen molar-refractivity contribution in [3.63, 3.8) is 0 Å². The van der Waals surface area contributed by atoms with Gasteiger partial charge in [-0.25, -0.2) is 0 Å². The molecule has 0 amide bonds. The Balaban J connectivity index is 4.82. The normalized spacial score (nSPS) is 14.9. The van der Waals surface area contributed by atoms with E-state index in [2.05, 4.69) is 6.07 Å². The Morgan fingerprint density at radius 1 is 1.21 bits per heavy atom. The van der Waals surface area contributed by atoms with E-state index in [1.807, 2.05) is 6.92 Å². The van der Waals surface area contributed by atoms with E-state index in [0.29, 0.717) is 12.8 Å². The summed E-state index contributed by atoms with van der Waals surface area (Å²) in [6, 6.07) is 2.20. The van der Waals surface area contributed by atoms with Gasteiger partial charge in [0, 0.05) is 0 Å². The topological polar surface area (TPSA) is 76.4 Å². The molecular formula is C14H23NO4. The molecule has 0 aliphatic heterocycles. The van der Waals surface area contributed by atoms with E-state index in [9.17, 15) is 9.59 Å². The molecule has 2 atom stereocenters. The molecule has 0 saturated heterocycles. The monoisotopic (exact) mass is 269 g/mol. The van der Waals surface area contributed by atoms with Crippen molar-refractivity contribution in [3.8, 4) is 6.07 Å². The van der Waals surface area contributed by atoms with Gasteiger partial charge in [0.15, 0.2) is 0 Å². The van der Waals surface area contributed by atoms with Crippen LogP contribution in [0.2, 0.25) is 0 Å². The first kappa shape index (κ1) is 17.4. The van der Waals surface area contributed by atoms with Crippen LogP contribution in [0.25, 0.3) is 0 Å². The Labute approximate surface area is 114 Å². The minimum Gasteiger partial charge on any atom is -0.466 e. The van der Waals surface area contributed by atoms with Crippen molar-refractivity contribution in [2.45, 2.75) is 47.0 Å². The third-order valence-electron chi connectivity index (χ3n) is 3.09. The SMILES string of the molecule is CCOC(=O)CC(CC(C)(C#N)CC)C(=O)OCC. The molecule has 0 saturated carbocycles. The number of hydrogen-bond donors (Lipinski definition) is 0. The zero-order valence-electron chi connectivity index (χ0n) is 12.2. The maximum Gasteiger partial charge on any atom is 0.309 e. The van der Waals surface area contributed by atoms with Crippen LogP contribution in [0.15, 0.2) is 0 Å². The molecule has 2 unspecified atom stereocenters. The van der Waals surface area contributed by atoms with Gasteiger partial charge in [-0.2, -0.15) is 5.26 Å². The van der Waals surface area contributed by atoms with E-state index in [1.165, 1.54) is 0 Å². The smallest absolute Gasteiger partial charge is 0.309 e. The van der Waals surface area contributed by atoms with Gasteiger partial charge in [0.1, 0.15) is 0 Å². The van der Waals surface area contributed by atoms with Crippen LogP contribution in [0, 0.1) is 22.7 Å². The Bertz CT molecular complexity index is 348. The van der Waals surface area contributed by atoms with Crippen LogP contribution in [-0.4, -0.2) is 25.2 Å². The third kappa shape index (κ3) is 6.23. The first-order valence-electron chi connectivity index (χ1n) is 6.65. The van der Waals surface area contributed by atoms with Gasteiger partial charge in [0.05, 0.1) is 37.0 Å². The molecule has 0 spiro atoms. The number of ether oxygens (including phenoxy) is 2. The van der Waals surface area contributed by atoms with Gasteiger partial charge in [-0.15, -0.1) is 0 Å². The highest BCUT2D eigenvalue weighted by Gasteiger charge is 2.33. The summed E-state index contributed by atoms with van der Waals surface area (Å²) in [5, 5.41) is 9.17. The lowest BCUT2D eigenvalue weighted by molar-refractivity contribution is -0.155. The molecule has 0 aromatic rings. The quantitative estimate of drug-likeness (QED) is 0.632. The van der Waals surface area contributed by atoms with Crippen molar-refractivity contribution < 1.29 is 19.1 Å². The molecule has 0 rings (SSSR count). The first-order chi connectivity index (χ1) is 8.92. The second-order valence-corrected chi connectivity index (χ2v) is 4.69. The lowest BCUT2D eigenvalue weighted by atomic mass is 9.79. The van der Waals surface area contributed by atoms with Crippen molar-refractivity contribution in [1.82, 2.24) is 0 Å². The number of esters is 2. The van der Waals surface area contributed by atoms with Crippen LogP contribution in [-0.2, 0) is 19.1 Å². The fraction of sp³-hybridized carbons (Fsp3) is 0.786. The number of carbonyl (C=O) groups is 2. The maximum absolute atomic E-state index is 11.9. The van der Waals surface area contributed by atoms with Gasteiger partial charge in [-0.05, 0) is 33.6 Å². The fourth-order valence-corrected chi connectivity index (χ4v) is 1.73. The van der Waals surface area contributed by atoms with Crippen molar-refractivity contribution in [2.24, 2.45) is 11.3 Å². The highest BCUT2D eigenvalue weighted by atomic mass is 16.5. The largest absolute Gasteiger partial charge is 0.466 e. The van der Waals surface area contributed by atoms with Crippen LogP contribution < -0.4 is 0 Å². The van der Waals surface area contributed by atoms with Crippen molar-refractivity contribution in [2.75, 3.05) is 13.2 Å². The molecule has 0 heterocycles. The van der Waals surface area contributed by atoms with Crippen molar-refractivity contribution >= 4 is 11.9 Å². The Hall–Kier alpha value is -1.57. The highest BCUT2D eigenvalue weighted by Crippen LogP contribution is 2.31. The molecule has 0 aromatic heterocycles. The second kappa shape index (κ2) is 8.52. The summed E-state index contributed by atoms with van der Waals surface area (Å²) in [5.41, 5.74) is -0.635. The maximum atomic E-state index is 11.9. The van der Waals surface area contributed by atoms with Crippen LogP contribution in [0.1, 0.15) is 47.0 Å². The number of rotatable bonds is 8. The summed E-state index contributed by atoms with van der Waals surface area (Å²) in [4.78, 5) is 23.4. The summed E-state index contributed by atoms with van der Waals surface area (Å²) < 4.78 is 9.81. The lowest BCUT2D eigenvalue weighted by Crippen LogP contribution is -2.28. The summed E-state index contributed by atoms with van der Waals surface area (Å²) >= 11 is 0. The van der Waals surface area contributed by atoms with Crippen LogP contribution in [0.3, 0.4) is 0 Å². The standard InChI is InChI=1S/C14H23NO4/c1-5-14(4,10-15)9-11(13(17)19-7-3)8-12(16)18-6-2/h11H,5-9H2,1-4H3. The minimum atomic E-state index is -0.635. The van der Waals surface area contributed by atoms with E-state index in [1.54, 1.807) is 20.8 Å². The van der Waals surface area contributed by atoms with Gasteiger partial charge in [0.25, 0.3) is 0 Å². The molecule has 0 aliphatic rings. The van der Waals surface area contributed by atoms with Crippen LogP contribution in [0.5, 0.6) is 0 Å². The number of nitriles is 1.